The number of hydrogen-bond donors (Lipinski definition) is 2. The summed E-state index contributed by atoms with van der Waals surface area (Å²) in [6.45, 7) is 1.29. The van der Waals surface area contributed by atoms with Gasteiger partial charge in [0, 0.05) is 29.7 Å². The Morgan fingerprint density at radius 2 is 1.86 bits per heavy atom. The van der Waals surface area contributed by atoms with Gasteiger partial charge in [-0.3, -0.25) is 4.90 Å². The first-order chi connectivity index (χ1) is 13.5. The fraction of sp³-hybridized carbons (Fsp3) is 0.238. The number of phenols is 1. The summed E-state index contributed by atoms with van der Waals surface area (Å²) in [4.78, 5) is 1.97. The molecular formula is C21H21Cl2NO4. The summed E-state index contributed by atoms with van der Waals surface area (Å²) in [6.07, 6.45) is 0.824. The second kappa shape index (κ2) is 9.85. The highest BCUT2D eigenvalue weighted by Crippen LogP contribution is 2.28. The van der Waals surface area contributed by atoms with Crippen LogP contribution >= 0.6 is 23.2 Å². The lowest BCUT2D eigenvalue weighted by Gasteiger charge is -2.25. The first-order valence-electron chi connectivity index (χ1n) is 8.79. The van der Waals surface area contributed by atoms with E-state index in [-0.39, 0.29) is 12.4 Å². The number of benzene rings is 2. The zero-order chi connectivity index (χ0) is 19.9. The SMILES string of the molecule is Oc1ccccc1CN(Cc1ccco1)CC(O)COc1cc(Cl)ccc1Cl. The Hall–Kier alpha value is -2.18. The van der Waals surface area contributed by atoms with Gasteiger partial charge >= 0.3 is 0 Å². The summed E-state index contributed by atoms with van der Waals surface area (Å²) in [5.74, 6) is 1.40. The Kier molecular flexibility index (Phi) is 7.23. The maximum absolute atomic E-state index is 10.5. The van der Waals surface area contributed by atoms with E-state index < -0.39 is 6.10 Å². The number of halogens is 2. The summed E-state index contributed by atoms with van der Waals surface area (Å²) in [5, 5.41) is 21.5. The molecule has 0 aliphatic heterocycles. The summed E-state index contributed by atoms with van der Waals surface area (Å²) in [5.41, 5.74) is 0.764. The molecule has 2 N–H and O–H groups in total. The van der Waals surface area contributed by atoms with Gasteiger partial charge in [-0.25, -0.2) is 0 Å². The molecule has 1 aromatic heterocycles. The number of para-hydroxylation sites is 1. The quantitative estimate of drug-likeness (QED) is 0.522. The molecule has 0 spiro atoms. The molecule has 0 radical (unpaired) electrons. The molecule has 3 aromatic rings. The van der Waals surface area contributed by atoms with Gasteiger partial charge in [-0.15, -0.1) is 0 Å². The molecule has 0 amide bonds. The minimum atomic E-state index is -0.782. The predicted octanol–water partition coefficient (Wildman–Crippen LogP) is 4.73. The van der Waals surface area contributed by atoms with Crippen LogP contribution in [0.1, 0.15) is 11.3 Å². The third-order valence-corrected chi connectivity index (χ3v) is 4.69. The molecule has 7 heteroatoms. The number of aliphatic hydroxyl groups is 1. The predicted molar refractivity (Wildman–Crippen MR) is 109 cm³/mol. The molecule has 1 unspecified atom stereocenters. The zero-order valence-electron chi connectivity index (χ0n) is 15.1. The van der Waals surface area contributed by atoms with Gasteiger partial charge < -0.3 is 19.4 Å². The minimum absolute atomic E-state index is 0.0511. The Morgan fingerprint density at radius 1 is 1.04 bits per heavy atom. The fourth-order valence-electron chi connectivity index (χ4n) is 2.82. The Labute approximate surface area is 173 Å². The van der Waals surface area contributed by atoms with Crippen molar-refractivity contribution in [3.05, 3.63) is 82.2 Å². The average molecular weight is 422 g/mol. The molecule has 148 valence electrons. The lowest BCUT2D eigenvalue weighted by molar-refractivity contribution is 0.0602. The number of nitrogens with zero attached hydrogens (tertiary/aromatic N) is 1. The van der Waals surface area contributed by atoms with Crippen LogP contribution in [0.2, 0.25) is 10.0 Å². The molecule has 0 aliphatic carbocycles. The summed E-state index contributed by atoms with van der Waals surface area (Å²) in [6, 6.07) is 15.7. The number of aliphatic hydroxyl groups excluding tert-OH is 1. The monoisotopic (exact) mass is 421 g/mol. The molecule has 28 heavy (non-hydrogen) atoms. The van der Waals surface area contributed by atoms with Crippen LogP contribution in [0, 0.1) is 0 Å². The van der Waals surface area contributed by atoms with Crippen molar-refractivity contribution >= 4 is 23.2 Å². The first kappa shape index (κ1) is 20.6. The number of phenolic OH excluding ortho intramolecular Hbond substituents is 1. The second-order valence-electron chi connectivity index (χ2n) is 6.42. The largest absolute Gasteiger partial charge is 0.508 e. The van der Waals surface area contributed by atoms with E-state index in [0.29, 0.717) is 35.4 Å². The molecule has 0 saturated heterocycles. The molecule has 3 rings (SSSR count). The fourth-order valence-corrected chi connectivity index (χ4v) is 3.15. The van der Waals surface area contributed by atoms with Crippen molar-refractivity contribution in [3.63, 3.8) is 0 Å². The molecule has 1 heterocycles. The van der Waals surface area contributed by atoms with E-state index >= 15 is 0 Å². The van der Waals surface area contributed by atoms with Gasteiger partial charge in [0.25, 0.3) is 0 Å². The van der Waals surface area contributed by atoms with Crippen molar-refractivity contribution in [3.8, 4) is 11.5 Å². The molecule has 0 fully saturated rings. The molecule has 0 aliphatic rings. The molecule has 2 aromatic carbocycles. The van der Waals surface area contributed by atoms with E-state index in [1.54, 1.807) is 36.6 Å². The van der Waals surface area contributed by atoms with E-state index in [2.05, 4.69) is 0 Å². The van der Waals surface area contributed by atoms with Gasteiger partial charge in [0.15, 0.2) is 0 Å². The number of hydrogen-bond acceptors (Lipinski definition) is 5. The molecule has 0 bridgehead atoms. The van der Waals surface area contributed by atoms with Gasteiger partial charge in [0.05, 0.1) is 17.8 Å². The van der Waals surface area contributed by atoms with Crippen LogP contribution in [-0.4, -0.2) is 34.4 Å². The van der Waals surface area contributed by atoms with Gasteiger partial charge in [-0.05, 0) is 30.3 Å². The number of ether oxygens (including phenoxy) is 1. The van der Waals surface area contributed by atoms with E-state index in [0.717, 1.165) is 11.3 Å². The summed E-state index contributed by atoms with van der Waals surface area (Å²) in [7, 11) is 0. The number of rotatable bonds is 9. The second-order valence-corrected chi connectivity index (χ2v) is 7.26. The van der Waals surface area contributed by atoms with Crippen molar-refractivity contribution < 1.29 is 19.4 Å². The molecule has 1 atom stereocenters. The number of aromatic hydroxyl groups is 1. The van der Waals surface area contributed by atoms with Gasteiger partial charge in [0.2, 0.25) is 0 Å². The van der Waals surface area contributed by atoms with Crippen LogP contribution < -0.4 is 4.74 Å². The summed E-state index contributed by atoms with van der Waals surface area (Å²) < 4.78 is 11.0. The van der Waals surface area contributed by atoms with E-state index in [9.17, 15) is 10.2 Å². The molecule has 0 saturated carbocycles. The van der Waals surface area contributed by atoms with Crippen molar-refractivity contribution in [2.45, 2.75) is 19.2 Å². The van der Waals surface area contributed by atoms with Crippen molar-refractivity contribution in [2.75, 3.05) is 13.2 Å². The summed E-state index contributed by atoms with van der Waals surface area (Å²) >= 11 is 12.0. The van der Waals surface area contributed by atoms with Crippen LogP contribution in [0.15, 0.2) is 65.3 Å². The van der Waals surface area contributed by atoms with Crippen LogP contribution in [0.25, 0.3) is 0 Å². The van der Waals surface area contributed by atoms with Crippen LogP contribution in [0.3, 0.4) is 0 Å². The number of furan rings is 1. The van der Waals surface area contributed by atoms with E-state index in [4.69, 9.17) is 32.4 Å². The van der Waals surface area contributed by atoms with E-state index in [1.807, 2.05) is 29.2 Å². The third-order valence-electron chi connectivity index (χ3n) is 4.14. The normalized spacial score (nSPS) is 12.3. The van der Waals surface area contributed by atoms with Crippen LogP contribution in [-0.2, 0) is 13.1 Å². The zero-order valence-corrected chi connectivity index (χ0v) is 16.6. The lowest BCUT2D eigenvalue weighted by atomic mass is 10.1. The average Bonchev–Trinajstić information content (AvgIpc) is 3.17. The molecular weight excluding hydrogens is 401 g/mol. The van der Waals surface area contributed by atoms with Gasteiger partial charge in [-0.2, -0.15) is 0 Å². The van der Waals surface area contributed by atoms with Crippen molar-refractivity contribution in [1.82, 2.24) is 4.90 Å². The van der Waals surface area contributed by atoms with Gasteiger partial charge in [0.1, 0.15) is 30.0 Å². The highest BCUT2D eigenvalue weighted by Gasteiger charge is 2.17. The maximum Gasteiger partial charge on any atom is 0.139 e. The van der Waals surface area contributed by atoms with Crippen molar-refractivity contribution in [2.24, 2.45) is 0 Å². The highest BCUT2D eigenvalue weighted by atomic mass is 35.5. The lowest BCUT2D eigenvalue weighted by Crippen LogP contribution is -2.35. The van der Waals surface area contributed by atoms with E-state index in [1.165, 1.54) is 0 Å². The Bertz CT molecular complexity index is 886. The van der Waals surface area contributed by atoms with Crippen molar-refractivity contribution in [1.29, 1.82) is 0 Å². The van der Waals surface area contributed by atoms with Gasteiger partial charge in [-0.1, -0.05) is 41.4 Å². The molecule has 5 nitrogen and oxygen atoms in total. The minimum Gasteiger partial charge on any atom is -0.508 e. The highest BCUT2D eigenvalue weighted by molar-refractivity contribution is 6.34. The topological polar surface area (TPSA) is 66.1 Å². The Balaban J connectivity index is 1.64. The third kappa shape index (κ3) is 5.91. The smallest absolute Gasteiger partial charge is 0.139 e. The first-order valence-corrected chi connectivity index (χ1v) is 9.54. The maximum atomic E-state index is 10.5. The Morgan fingerprint density at radius 3 is 2.61 bits per heavy atom. The van der Waals surface area contributed by atoms with Crippen LogP contribution in [0.4, 0.5) is 0 Å². The standard InChI is InChI=1S/C21H21Cl2NO4/c22-16-7-8-19(23)21(10-16)28-14-17(25)12-24(13-18-5-3-9-27-18)11-15-4-1-2-6-20(15)26/h1-10,17,25-26H,11-14H2. The van der Waals surface area contributed by atoms with Crippen LogP contribution in [0.5, 0.6) is 11.5 Å².